The van der Waals surface area contributed by atoms with E-state index in [0.717, 1.165) is 37.7 Å². The number of hydrogen-bond acceptors (Lipinski definition) is 2. The second kappa shape index (κ2) is 5.96. The second-order valence-corrected chi connectivity index (χ2v) is 6.21. The molecule has 1 saturated carbocycles. The van der Waals surface area contributed by atoms with Crippen LogP contribution in [0, 0.1) is 0 Å². The minimum absolute atomic E-state index is 0.115. The van der Waals surface area contributed by atoms with Crippen LogP contribution in [0.2, 0.25) is 0 Å². The summed E-state index contributed by atoms with van der Waals surface area (Å²) in [5, 5.41) is 12.6. The highest BCUT2D eigenvalue weighted by Gasteiger charge is 2.21. The van der Waals surface area contributed by atoms with Crippen molar-refractivity contribution in [3.63, 3.8) is 0 Å². The predicted octanol–water partition coefficient (Wildman–Crippen LogP) is 2.14. The van der Waals surface area contributed by atoms with Crippen LogP contribution in [-0.4, -0.2) is 23.2 Å². The highest BCUT2D eigenvalue weighted by atomic mass is 16.3. The maximum absolute atomic E-state index is 12.1. The average molecular weight is 273 g/mol. The van der Waals surface area contributed by atoms with E-state index >= 15 is 0 Å². The Hall–Kier alpha value is -1.35. The van der Waals surface area contributed by atoms with Crippen LogP contribution in [0.5, 0.6) is 0 Å². The van der Waals surface area contributed by atoms with Gasteiger partial charge in [0.15, 0.2) is 0 Å². The summed E-state index contributed by atoms with van der Waals surface area (Å²) in [5.74, 6) is 0.115. The molecule has 0 heterocycles. The predicted molar refractivity (Wildman–Crippen MR) is 78.6 cm³/mol. The van der Waals surface area contributed by atoms with E-state index in [1.807, 2.05) is 0 Å². The van der Waals surface area contributed by atoms with E-state index in [0.29, 0.717) is 6.42 Å². The maximum atomic E-state index is 12.1. The number of carbonyl (C=O) groups excluding carboxylic acids is 1. The van der Waals surface area contributed by atoms with Gasteiger partial charge in [0.05, 0.1) is 12.5 Å². The molecule has 0 bridgehead atoms. The Morgan fingerprint density at radius 2 is 1.90 bits per heavy atom. The van der Waals surface area contributed by atoms with E-state index in [9.17, 15) is 9.90 Å². The van der Waals surface area contributed by atoms with Gasteiger partial charge in [-0.3, -0.25) is 4.79 Å². The second-order valence-electron chi connectivity index (χ2n) is 6.21. The lowest BCUT2D eigenvalue weighted by Crippen LogP contribution is -2.39. The summed E-state index contributed by atoms with van der Waals surface area (Å²) in [5.41, 5.74) is 4.01. The SMILES string of the molecule is O=C(Cc1ccc2c(c1)CCC2)NC1CCC(O)CC1. The Kier molecular flexibility index (Phi) is 4.06. The number of carbonyl (C=O) groups is 1. The Morgan fingerprint density at radius 1 is 1.15 bits per heavy atom. The Morgan fingerprint density at radius 3 is 2.70 bits per heavy atom. The zero-order valence-corrected chi connectivity index (χ0v) is 11.9. The number of benzene rings is 1. The molecule has 3 heteroatoms. The number of rotatable bonds is 3. The van der Waals surface area contributed by atoms with Crippen LogP contribution < -0.4 is 5.32 Å². The molecule has 3 nitrogen and oxygen atoms in total. The molecule has 0 radical (unpaired) electrons. The van der Waals surface area contributed by atoms with Crippen LogP contribution in [0.4, 0.5) is 0 Å². The molecule has 108 valence electrons. The summed E-state index contributed by atoms with van der Waals surface area (Å²) >= 11 is 0. The van der Waals surface area contributed by atoms with Crippen molar-refractivity contribution in [2.24, 2.45) is 0 Å². The number of hydrogen-bond donors (Lipinski definition) is 2. The highest BCUT2D eigenvalue weighted by molar-refractivity contribution is 5.79. The van der Waals surface area contributed by atoms with Crippen LogP contribution in [0.15, 0.2) is 18.2 Å². The third kappa shape index (κ3) is 3.21. The zero-order valence-electron chi connectivity index (χ0n) is 11.9. The van der Waals surface area contributed by atoms with Gasteiger partial charge in [0.25, 0.3) is 0 Å². The zero-order chi connectivity index (χ0) is 13.9. The normalized spacial score (nSPS) is 25.2. The van der Waals surface area contributed by atoms with Gasteiger partial charge in [-0.05, 0) is 61.6 Å². The van der Waals surface area contributed by atoms with Gasteiger partial charge in [-0.15, -0.1) is 0 Å². The molecule has 0 aliphatic heterocycles. The molecule has 0 unspecified atom stereocenters. The minimum Gasteiger partial charge on any atom is -0.393 e. The van der Waals surface area contributed by atoms with Gasteiger partial charge in [0.2, 0.25) is 5.91 Å². The first kappa shape index (κ1) is 13.6. The molecule has 2 aliphatic carbocycles. The van der Waals surface area contributed by atoms with Gasteiger partial charge < -0.3 is 10.4 Å². The maximum Gasteiger partial charge on any atom is 0.224 e. The molecular formula is C17H23NO2. The molecular weight excluding hydrogens is 250 g/mol. The van der Waals surface area contributed by atoms with Gasteiger partial charge in [-0.25, -0.2) is 0 Å². The monoisotopic (exact) mass is 273 g/mol. The smallest absolute Gasteiger partial charge is 0.224 e. The first-order chi connectivity index (χ1) is 9.70. The van der Waals surface area contributed by atoms with Crippen LogP contribution in [0.3, 0.4) is 0 Å². The lowest BCUT2D eigenvalue weighted by molar-refractivity contribution is -0.121. The Bertz CT molecular complexity index is 490. The summed E-state index contributed by atoms with van der Waals surface area (Å²) < 4.78 is 0. The molecule has 1 aromatic rings. The van der Waals surface area contributed by atoms with Crippen molar-refractivity contribution in [1.29, 1.82) is 0 Å². The van der Waals surface area contributed by atoms with Gasteiger partial charge in [0, 0.05) is 6.04 Å². The molecule has 2 N–H and O–H groups in total. The van der Waals surface area contributed by atoms with Gasteiger partial charge in [-0.1, -0.05) is 18.2 Å². The van der Waals surface area contributed by atoms with E-state index in [-0.39, 0.29) is 18.1 Å². The van der Waals surface area contributed by atoms with Crippen molar-refractivity contribution in [3.8, 4) is 0 Å². The number of aliphatic hydroxyl groups excluding tert-OH is 1. The molecule has 0 spiro atoms. The minimum atomic E-state index is -0.167. The molecule has 3 rings (SSSR count). The average Bonchev–Trinajstić information content (AvgIpc) is 2.89. The summed E-state index contributed by atoms with van der Waals surface area (Å²) in [4.78, 5) is 12.1. The van der Waals surface area contributed by atoms with Gasteiger partial charge in [0.1, 0.15) is 0 Å². The molecule has 2 aliphatic rings. The van der Waals surface area contributed by atoms with Crippen molar-refractivity contribution >= 4 is 5.91 Å². The molecule has 0 atom stereocenters. The van der Waals surface area contributed by atoms with E-state index < -0.39 is 0 Å². The fourth-order valence-electron chi connectivity index (χ4n) is 3.42. The molecule has 20 heavy (non-hydrogen) atoms. The Labute approximate surface area is 120 Å². The molecule has 1 fully saturated rings. The number of fused-ring (bicyclic) bond motifs is 1. The third-order valence-electron chi connectivity index (χ3n) is 4.59. The van der Waals surface area contributed by atoms with Crippen LogP contribution in [0.1, 0.15) is 48.8 Å². The first-order valence-electron chi connectivity index (χ1n) is 7.79. The Balaban J connectivity index is 1.54. The van der Waals surface area contributed by atoms with Crippen LogP contribution in [0.25, 0.3) is 0 Å². The summed E-state index contributed by atoms with van der Waals surface area (Å²) in [6.45, 7) is 0. The number of aliphatic hydroxyl groups is 1. The van der Waals surface area contributed by atoms with Crippen molar-refractivity contribution in [2.75, 3.05) is 0 Å². The van der Waals surface area contributed by atoms with Crippen molar-refractivity contribution in [3.05, 3.63) is 34.9 Å². The van der Waals surface area contributed by atoms with Gasteiger partial charge >= 0.3 is 0 Å². The lowest BCUT2D eigenvalue weighted by atomic mass is 9.93. The quantitative estimate of drug-likeness (QED) is 0.886. The molecule has 0 saturated heterocycles. The third-order valence-corrected chi connectivity index (χ3v) is 4.59. The highest BCUT2D eigenvalue weighted by Crippen LogP contribution is 2.23. The first-order valence-corrected chi connectivity index (χ1v) is 7.79. The number of amides is 1. The van der Waals surface area contributed by atoms with E-state index in [1.165, 1.54) is 24.0 Å². The van der Waals surface area contributed by atoms with Crippen molar-refractivity contribution in [1.82, 2.24) is 5.32 Å². The van der Waals surface area contributed by atoms with E-state index in [4.69, 9.17) is 0 Å². The van der Waals surface area contributed by atoms with Crippen LogP contribution in [-0.2, 0) is 24.1 Å². The summed E-state index contributed by atoms with van der Waals surface area (Å²) in [7, 11) is 0. The van der Waals surface area contributed by atoms with Crippen molar-refractivity contribution < 1.29 is 9.90 Å². The topological polar surface area (TPSA) is 49.3 Å². The summed E-state index contributed by atoms with van der Waals surface area (Å²) in [6.07, 6.45) is 7.32. The number of aryl methyl sites for hydroxylation is 2. The fraction of sp³-hybridized carbons (Fsp3) is 0.588. The van der Waals surface area contributed by atoms with E-state index in [2.05, 4.69) is 23.5 Å². The van der Waals surface area contributed by atoms with Gasteiger partial charge in [-0.2, -0.15) is 0 Å². The molecule has 1 aromatic carbocycles. The largest absolute Gasteiger partial charge is 0.393 e. The van der Waals surface area contributed by atoms with E-state index in [1.54, 1.807) is 0 Å². The fourth-order valence-corrected chi connectivity index (χ4v) is 3.42. The standard InChI is InChI=1S/C17H23NO2/c19-16-8-6-15(7-9-16)18-17(20)11-12-4-5-13-2-1-3-14(13)10-12/h4-5,10,15-16,19H,1-3,6-9,11H2,(H,18,20). The summed E-state index contributed by atoms with van der Waals surface area (Å²) in [6, 6.07) is 6.73. The lowest BCUT2D eigenvalue weighted by Gasteiger charge is -2.26. The molecule has 1 amide bonds. The number of nitrogens with one attached hydrogen (secondary N) is 1. The van der Waals surface area contributed by atoms with Crippen molar-refractivity contribution in [2.45, 2.75) is 63.5 Å². The molecule has 0 aromatic heterocycles. The van der Waals surface area contributed by atoms with Crippen LogP contribution >= 0.6 is 0 Å².